The lowest BCUT2D eigenvalue weighted by Crippen LogP contribution is -2.24. The molecule has 8 nitrogen and oxygen atoms in total. The Balaban J connectivity index is 0.000000161. The average Bonchev–Trinajstić information content (AvgIpc) is 3.94. The summed E-state index contributed by atoms with van der Waals surface area (Å²) in [4.78, 5) is 63.3. The van der Waals surface area contributed by atoms with Gasteiger partial charge < -0.3 is 10.6 Å². The molecule has 0 amide bonds. The zero-order valence-corrected chi connectivity index (χ0v) is 34.8. The Bertz CT molecular complexity index is 2790. The van der Waals surface area contributed by atoms with E-state index >= 15 is 0 Å². The molecule has 296 valence electrons. The minimum atomic E-state index is -0.130. The highest BCUT2D eigenvalue weighted by atomic mass is 32.1. The zero-order chi connectivity index (χ0) is 41.3. The van der Waals surface area contributed by atoms with Crippen LogP contribution in [0.25, 0.3) is 41.6 Å². The van der Waals surface area contributed by atoms with Crippen LogP contribution in [0.3, 0.4) is 0 Å². The van der Waals surface area contributed by atoms with Gasteiger partial charge in [-0.25, -0.2) is 9.97 Å². The number of carbonyl (C=O) groups excluding carboxylic acids is 4. The smallest absolute Gasteiger partial charge is 0.196 e. The van der Waals surface area contributed by atoms with Gasteiger partial charge in [0.2, 0.25) is 0 Å². The van der Waals surface area contributed by atoms with Crippen molar-refractivity contribution in [3.05, 3.63) is 166 Å². The normalized spacial score (nSPS) is 12.7. The molecule has 0 saturated carbocycles. The zero-order valence-electron chi connectivity index (χ0n) is 33.1. The molecule has 60 heavy (non-hydrogen) atoms. The van der Waals surface area contributed by atoms with Gasteiger partial charge in [0.15, 0.2) is 23.1 Å². The van der Waals surface area contributed by atoms with Crippen LogP contribution in [-0.4, -0.2) is 46.2 Å². The number of benzene rings is 6. The van der Waals surface area contributed by atoms with Crippen molar-refractivity contribution >= 4 is 77.6 Å². The van der Waals surface area contributed by atoms with Crippen LogP contribution >= 0.6 is 22.7 Å². The monoisotopic (exact) mass is 824 g/mol. The lowest BCUT2D eigenvalue weighted by atomic mass is 9.82. The fourth-order valence-corrected chi connectivity index (χ4v) is 10.0. The third-order valence-electron chi connectivity index (χ3n) is 10.9. The Labute approximate surface area is 355 Å². The largest absolute Gasteiger partial charge is 0.384 e. The minimum Gasteiger partial charge on any atom is -0.384 e. The molecule has 2 aromatic heterocycles. The van der Waals surface area contributed by atoms with Crippen molar-refractivity contribution < 1.29 is 19.2 Å². The number of aromatic nitrogens is 2. The molecule has 0 fully saturated rings. The number of carbonyl (C=O) groups is 4. The molecule has 0 aliphatic heterocycles. The summed E-state index contributed by atoms with van der Waals surface area (Å²) in [6.07, 6.45) is 4.18. The number of hydrogen-bond donors (Lipinski definition) is 2. The molecule has 10 rings (SSSR count). The number of thiazole rings is 2. The van der Waals surface area contributed by atoms with Gasteiger partial charge in [0.1, 0.15) is 10.0 Å². The summed E-state index contributed by atoms with van der Waals surface area (Å²) in [6, 6.07) is 37.9. The topological polar surface area (TPSA) is 118 Å². The van der Waals surface area contributed by atoms with Gasteiger partial charge >= 0.3 is 0 Å². The number of anilines is 2. The fraction of sp³-hybridized carbons (Fsp3) is 0.160. The van der Waals surface area contributed by atoms with E-state index in [0.717, 1.165) is 91.7 Å². The quantitative estimate of drug-likeness (QED) is 0.131. The summed E-state index contributed by atoms with van der Waals surface area (Å²) in [6.45, 7) is 5.83. The van der Waals surface area contributed by atoms with Crippen LogP contribution in [0.4, 0.5) is 11.4 Å². The molecule has 0 bridgehead atoms. The van der Waals surface area contributed by atoms with E-state index in [0.29, 0.717) is 44.5 Å². The Kier molecular flexibility index (Phi) is 10.7. The highest BCUT2D eigenvalue weighted by Crippen LogP contribution is 2.42. The predicted molar refractivity (Wildman–Crippen MR) is 244 cm³/mol. The number of rotatable bonds is 10. The molecule has 6 aromatic carbocycles. The summed E-state index contributed by atoms with van der Waals surface area (Å²) >= 11 is 2.91. The lowest BCUT2D eigenvalue weighted by molar-refractivity contribution is 0.0980. The van der Waals surface area contributed by atoms with Gasteiger partial charge in [-0.2, -0.15) is 0 Å². The maximum Gasteiger partial charge on any atom is 0.196 e. The summed E-state index contributed by atoms with van der Waals surface area (Å²) < 4.78 is 1.52. The Morgan fingerprint density at radius 2 is 0.817 bits per heavy atom. The van der Waals surface area contributed by atoms with Gasteiger partial charge in [-0.3, -0.25) is 19.2 Å². The van der Waals surface area contributed by atoms with E-state index in [2.05, 4.69) is 24.5 Å². The number of hydrogen-bond acceptors (Lipinski definition) is 10. The summed E-state index contributed by atoms with van der Waals surface area (Å²) in [5, 5.41) is 8.37. The van der Waals surface area contributed by atoms with Gasteiger partial charge in [0.25, 0.3) is 0 Å². The molecular formula is C50H40N4O4S2. The van der Waals surface area contributed by atoms with Gasteiger partial charge in [-0.1, -0.05) is 112 Å². The van der Waals surface area contributed by atoms with Crippen LogP contribution in [0, 0.1) is 0 Å². The Morgan fingerprint density at radius 1 is 0.433 bits per heavy atom. The number of ketones is 4. The molecule has 0 atom stereocenters. The number of nitrogens with one attached hydrogen (secondary N) is 2. The molecule has 0 unspecified atom stereocenters. The predicted octanol–water partition coefficient (Wildman–Crippen LogP) is 11.9. The Morgan fingerprint density at radius 3 is 1.22 bits per heavy atom. The first kappa shape index (κ1) is 38.9. The molecule has 2 aliphatic rings. The molecular weight excluding hydrogens is 785 g/mol. The molecule has 2 N–H and O–H groups in total. The number of unbranched alkanes of at least 4 members (excludes halogenated alkanes) is 2. The van der Waals surface area contributed by atoms with Crippen molar-refractivity contribution in [2.75, 3.05) is 23.7 Å². The molecule has 0 radical (unpaired) electrons. The molecule has 10 heteroatoms. The molecule has 2 heterocycles. The average molecular weight is 825 g/mol. The molecule has 2 aliphatic carbocycles. The first-order valence-corrected chi connectivity index (χ1v) is 21.9. The van der Waals surface area contributed by atoms with Gasteiger partial charge in [-0.15, -0.1) is 22.7 Å². The molecule has 0 spiro atoms. The van der Waals surface area contributed by atoms with E-state index in [9.17, 15) is 19.2 Å². The second kappa shape index (κ2) is 16.6. The van der Waals surface area contributed by atoms with E-state index in [1.807, 2.05) is 97.1 Å². The number of fused-ring (bicyclic) bond motifs is 8. The van der Waals surface area contributed by atoms with Crippen molar-refractivity contribution in [2.45, 2.75) is 39.5 Å². The maximum absolute atomic E-state index is 13.7. The number of nitrogens with zero attached hydrogens (tertiary/aromatic N) is 2. The van der Waals surface area contributed by atoms with E-state index in [-0.39, 0.29) is 23.1 Å². The minimum absolute atomic E-state index is 0.0756. The Hall–Kier alpha value is -6.62. The van der Waals surface area contributed by atoms with Crippen molar-refractivity contribution in [1.29, 1.82) is 0 Å². The fourth-order valence-electron chi connectivity index (χ4n) is 7.81. The van der Waals surface area contributed by atoms with Crippen molar-refractivity contribution in [3.8, 4) is 21.1 Å². The van der Waals surface area contributed by atoms with E-state index < -0.39 is 0 Å². The van der Waals surface area contributed by atoms with E-state index in [4.69, 9.17) is 9.97 Å². The van der Waals surface area contributed by atoms with E-state index in [1.165, 1.54) is 22.7 Å². The van der Waals surface area contributed by atoms with Crippen molar-refractivity contribution in [3.63, 3.8) is 0 Å². The second-order valence-corrected chi connectivity index (χ2v) is 16.8. The van der Waals surface area contributed by atoms with Crippen LogP contribution in [0.1, 0.15) is 103 Å². The van der Waals surface area contributed by atoms with Crippen LogP contribution in [0.15, 0.2) is 121 Å². The summed E-state index contributed by atoms with van der Waals surface area (Å²) in [5.41, 5.74) is 8.76. The first-order valence-electron chi connectivity index (χ1n) is 20.3. The van der Waals surface area contributed by atoms with Gasteiger partial charge in [0, 0.05) is 57.8 Å². The standard InChI is InChI=1S/C28H14N2O2S2.C22H26N2O2/c31-23-18-12-14-20-26(34-28(30-20)16-9-5-2-6-10-16)22(18)24(32)17-11-13-19-25(21(17)23)33-27(29-19)15-7-3-1-4-8-15;1-3-5-13-23-17-11-12-18(24-14-6-4-2)20-19(17)21(25)15-9-7-8-10-16(15)22(20)26/h1-14H;7-12,23-24H,3-6,13-14H2,1-2H3. The molecule has 0 saturated heterocycles. The maximum atomic E-state index is 13.7. The van der Waals surface area contributed by atoms with Crippen LogP contribution in [0.5, 0.6) is 0 Å². The summed E-state index contributed by atoms with van der Waals surface area (Å²) in [5.74, 6) is -0.410. The highest BCUT2D eigenvalue weighted by molar-refractivity contribution is 7.22. The van der Waals surface area contributed by atoms with E-state index in [1.54, 1.807) is 24.3 Å². The summed E-state index contributed by atoms with van der Waals surface area (Å²) in [7, 11) is 0. The SMILES string of the molecule is CCCCNc1ccc(NCCCC)c2c1C(=O)c1ccccc1C2=O.O=C1c2ccc3nc(-c4ccccc4)sc3c2C(=O)c2ccc3nc(-c4ccccc4)sc3c21. The van der Waals surface area contributed by atoms with Gasteiger partial charge in [-0.05, 0) is 49.2 Å². The molecule has 8 aromatic rings. The van der Waals surface area contributed by atoms with Crippen LogP contribution in [0.2, 0.25) is 0 Å². The van der Waals surface area contributed by atoms with Crippen molar-refractivity contribution in [2.24, 2.45) is 0 Å². The first-order chi connectivity index (χ1) is 29.4. The van der Waals surface area contributed by atoms with Crippen LogP contribution in [-0.2, 0) is 0 Å². The van der Waals surface area contributed by atoms with Gasteiger partial charge in [0.05, 0.1) is 42.7 Å². The van der Waals surface area contributed by atoms with Crippen LogP contribution < -0.4 is 10.6 Å². The third kappa shape index (κ3) is 6.91. The highest BCUT2D eigenvalue weighted by Gasteiger charge is 2.36. The van der Waals surface area contributed by atoms with Crippen molar-refractivity contribution in [1.82, 2.24) is 9.97 Å². The third-order valence-corrected chi connectivity index (χ3v) is 13.1. The second-order valence-electron chi connectivity index (χ2n) is 14.8. The lowest BCUT2D eigenvalue weighted by Gasteiger charge is -2.24.